The van der Waals surface area contributed by atoms with Gasteiger partial charge in [-0.25, -0.2) is 0 Å². The second-order valence-electron chi connectivity index (χ2n) is 5.68. The Hall–Kier alpha value is -1.26. The number of rotatable bonds is 4. The zero-order chi connectivity index (χ0) is 16.2. The van der Waals surface area contributed by atoms with Crippen LogP contribution in [0.2, 0.25) is 10.0 Å². The predicted molar refractivity (Wildman–Crippen MR) is 101 cm³/mol. The van der Waals surface area contributed by atoms with Gasteiger partial charge < -0.3 is 10.6 Å². The lowest BCUT2D eigenvalue weighted by molar-refractivity contribution is -0.120. The number of carbonyl (C=O) groups is 1. The van der Waals surface area contributed by atoms with E-state index < -0.39 is 0 Å². The summed E-state index contributed by atoms with van der Waals surface area (Å²) in [5, 5.41) is 7.43. The first-order valence-electron chi connectivity index (χ1n) is 7.65. The van der Waals surface area contributed by atoms with E-state index in [1.54, 1.807) is 12.1 Å². The van der Waals surface area contributed by atoms with Gasteiger partial charge in [0.1, 0.15) is 0 Å². The van der Waals surface area contributed by atoms with Gasteiger partial charge in [-0.15, -0.1) is 12.4 Å². The maximum absolute atomic E-state index is 12.1. The zero-order valence-corrected chi connectivity index (χ0v) is 15.3. The van der Waals surface area contributed by atoms with Crippen LogP contribution in [-0.4, -0.2) is 19.0 Å². The molecule has 0 aliphatic carbocycles. The third kappa shape index (κ3) is 4.64. The van der Waals surface area contributed by atoms with E-state index in [4.69, 9.17) is 23.2 Å². The molecule has 3 nitrogen and oxygen atoms in total. The number of hydrogen-bond acceptors (Lipinski definition) is 2. The maximum atomic E-state index is 12.1. The van der Waals surface area contributed by atoms with Crippen LogP contribution in [0.3, 0.4) is 0 Å². The van der Waals surface area contributed by atoms with Gasteiger partial charge in [0, 0.05) is 12.6 Å². The standard InChI is InChI=1S/C18H18Cl2N2O.ClH/c19-15-6-5-12(9-16(15)20)10-18(23)22-11-17-14-4-2-1-3-13(14)7-8-21-17;/h1-6,9,17,21H,7-8,10-11H2,(H,22,23);1H. The Morgan fingerprint density at radius 3 is 2.75 bits per heavy atom. The van der Waals surface area contributed by atoms with Crippen molar-refractivity contribution in [3.8, 4) is 0 Å². The monoisotopic (exact) mass is 384 g/mol. The first-order valence-corrected chi connectivity index (χ1v) is 8.41. The molecule has 1 aliphatic rings. The Labute approximate surface area is 158 Å². The van der Waals surface area contributed by atoms with Crippen LogP contribution in [0.15, 0.2) is 42.5 Å². The van der Waals surface area contributed by atoms with Crippen LogP contribution in [-0.2, 0) is 17.6 Å². The maximum Gasteiger partial charge on any atom is 0.224 e. The first kappa shape index (κ1) is 19.1. The SMILES string of the molecule is Cl.O=C(Cc1ccc(Cl)c(Cl)c1)NCC1NCCc2ccccc21. The predicted octanol–water partition coefficient (Wildman–Crippen LogP) is 3.96. The van der Waals surface area contributed by atoms with Gasteiger partial charge in [0.15, 0.2) is 0 Å². The molecule has 0 saturated carbocycles. The molecule has 0 aromatic heterocycles. The highest BCUT2D eigenvalue weighted by Crippen LogP contribution is 2.23. The van der Waals surface area contributed by atoms with Crippen LogP contribution in [0.4, 0.5) is 0 Å². The second-order valence-corrected chi connectivity index (χ2v) is 6.50. The molecular formula is C18H19Cl3N2O. The molecule has 0 radical (unpaired) electrons. The minimum Gasteiger partial charge on any atom is -0.354 e. The van der Waals surface area contributed by atoms with E-state index in [-0.39, 0.29) is 24.4 Å². The Balaban J connectivity index is 0.00000208. The number of amides is 1. The van der Waals surface area contributed by atoms with E-state index in [9.17, 15) is 4.79 Å². The van der Waals surface area contributed by atoms with Gasteiger partial charge in [-0.1, -0.05) is 53.5 Å². The van der Waals surface area contributed by atoms with Crippen molar-refractivity contribution in [2.75, 3.05) is 13.1 Å². The highest BCUT2D eigenvalue weighted by molar-refractivity contribution is 6.42. The molecule has 2 aromatic carbocycles. The van der Waals surface area contributed by atoms with Crippen molar-refractivity contribution in [1.29, 1.82) is 0 Å². The van der Waals surface area contributed by atoms with E-state index >= 15 is 0 Å². The number of carbonyl (C=O) groups excluding carboxylic acids is 1. The molecule has 3 rings (SSSR count). The number of nitrogens with one attached hydrogen (secondary N) is 2. The molecule has 1 aliphatic heterocycles. The van der Waals surface area contributed by atoms with Crippen molar-refractivity contribution >= 4 is 41.5 Å². The molecule has 0 bridgehead atoms. The third-order valence-corrected chi connectivity index (χ3v) is 4.81. The summed E-state index contributed by atoms with van der Waals surface area (Å²) < 4.78 is 0. The molecule has 128 valence electrons. The smallest absolute Gasteiger partial charge is 0.224 e. The van der Waals surface area contributed by atoms with Crippen molar-refractivity contribution < 1.29 is 4.79 Å². The zero-order valence-electron chi connectivity index (χ0n) is 13.0. The normalized spacial score (nSPS) is 16.0. The fourth-order valence-corrected chi connectivity index (χ4v) is 3.21. The number of hydrogen-bond donors (Lipinski definition) is 2. The van der Waals surface area contributed by atoms with E-state index in [0.29, 0.717) is 23.0 Å². The van der Waals surface area contributed by atoms with Crippen LogP contribution >= 0.6 is 35.6 Å². The molecule has 6 heteroatoms. The van der Waals surface area contributed by atoms with Gasteiger partial charge in [0.05, 0.1) is 16.5 Å². The summed E-state index contributed by atoms with van der Waals surface area (Å²) in [7, 11) is 0. The molecule has 1 unspecified atom stereocenters. The largest absolute Gasteiger partial charge is 0.354 e. The summed E-state index contributed by atoms with van der Waals surface area (Å²) in [6.07, 6.45) is 1.33. The Morgan fingerprint density at radius 2 is 1.96 bits per heavy atom. The summed E-state index contributed by atoms with van der Waals surface area (Å²) in [4.78, 5) is 12.1. The van der Waals surface area contributed by atoms with Crippen LogP contribution in [0.5, 0.6) is 0 Å². The molecule has 0 fully saturated rings. The molecule has 0 saturated heterocycles. The highest BCUT2D eigenvalue weighted by atomic mass is 35.5. The summed E-state index contributed by atoms with van der Waals surface area (Å²) in [5.74, 6) is -0.0201. The highest BCUT2D eigenvalue weighted by Gasteiger charge is 2.19. The lowest BCUT2D eigenvalue weighted by atomic mass is 9.94. The number of fused-ring (bicyclic) bond motifs is 1. The quantitative estimate of drug-likeness (QED) is 0.836. The summed E-state index contributed by atoms with van der Waals surface area (Å²) in [5.41, 5.74) is 3.48. The number of benzene rings is 2. The van der Waals surface area contributed by atoms with Gasteiger partial charge >= 0.3 is 0 Å². The van der Waals surface area contributed by atoms with Crippen molar-refractivity contribution in [2.24, 2.45) is 0 Å². The average Bonchev–Trinajstić information content (AvgIpc) is 2.56. The number of halogens is 3. The molecule has 1 atom stereocenters. The van der Waals surface area contributed by atoms with Crippen LogP contribution in [0, 0.1) is 0 Å². The summed E-state index contributed by atoms with van der Waals surface area (Å²) >= 11 is 11.9. The molecular weight excluding hydrogens is 367 g/mol. The van der Waals surface area contributed by atoms with Gasteiger partial charge in [-0.2, -0.15) is 0 Å². The topological polar surface area (TPSA) is 41.1 Å². The fraction of sp³-hybridized carbons (Fsp3) is 0.278. The second kappa shape index (κ2) is 8.72. The lowest BCUT2D eigenvalue weighted by Gasteiger charge is -2.27. The van der Waals surface area contributed by atoms with Gasteiger partial charge in [0.25, 0.3) is 0 Å². The van der Waals surface area contributed by atoms with E-state index in [0.717, 1.165) is 18.5 Å². The van der Waals surface area contributed by atoms with Crippen molar-refractivity contribution in [3.63, 3.8) is 0 Å². The van der Waals surface area contributed by atoms with Crippen LogP contribution < -0.4 is 10.6 Å². The average molecular weight is 386 g/mol. The van der Waals surface area contributed by atoms with Gasteiger partial charge in [0.2, 0.25) is 5.91 Å². The fourth-order valence-electron chi connectivity index (χ4n) is 2.89. The molecule has 2 aromatic rings. The van der Waals surface area contributed by atoms with E-state index in [1.807, 2.05) is 12.1 Å². The van der Waals surface area contributed by atoms with E-state index in [2.05, 4.69) is 28.8 Å². The van der Waals surface area contributed by atoms with Crippen molar-refractivity contribution in [3.05, 3.63) is 69.2 Å². The molecule has 0 spiro atoms. The van der Waals surface area contributed by atoms with Gasteiger partial charge in [-0.05, 0) is 41.8 Å². The minimum absolute atomic E-state index is 0. The molecule has 24 heavy (non-hydrogen) atoms. The molecule has 1 heterocycles. The molecule has 2 N–H and O–H groups in total. The Morgan fingerprint density at radius 1 is 1.17 bits per heavy atom. The van der Waals surface area contributed by atoms with E-state index in [1.165, 1.54) is 11.1 Å². The van der Waals surface area contributed by atoms with Crippen LogP contribution in [0.1, 0.15) is 22.7 Å². The van der Waals surface area contributed by atoms with Crippen molar-refractivity contribution in [2.45, 2.75) is 18.9 Å². The summed E-state index contributed by atoms with van der Waals surface area (Å²) in [6, 6.07) is 13.8. The van der Waals surface area contributed by atoms with Gasteiger partial charge in [-0.3, -0.25) is 4.79 Å². The Bertz CT molecular complexity index is 721. The van der Waals surface area contributed by atoms with Crippen LogP contribution in [0.25, 0.3) is 0 Å². The third-order valence-electron chi connectivity index (χ3n) is 4.07. The summed E-state index contributed by atoms with van der Waals surface area (Å²) in [6.45, 7) is 1.52. The lowest BCUT2D eigenvalue weighted by Crippen LogP contribution is -2.39. The van der Waals surface area contributed by atoms with Crippen molar-refractivity contribution in [1.82, 2.24) is 10.6 Å². The Kier molecular flexibility index (Phi) is 6.93. The minimum atomic E-state index is -0.0201. The molecule has 1 amide bonds. The first-order chi connectivity index (χ1) is 11.1.